The molecular weight excluding hydrogens is 665 g/mol. The Bertz CT molecular complexity index is 2870. The fraction of sp³-hybridized carbons (Fsp3) is 0.0566. The molecule has 0 N–H and O–H groups in total. The number of rotatable bonds is 6. The zero-order valence-electron chi connectivity index (χ0n) is 30.9. The van der Waals surface area contributed by atoms with E-state index < -0.39 is 0 Å². The van der Waals surface area contributed by atoms with Crippen LogP contribution in [0.5, 0.6) is 0 Å². The number of benzene rings is 8. The third kappa shape index (κ3) is 5.84. The van der Waals surface area contributed by atoms with Crippen molar-refractivity contribution in [2.45, 2.75) is 19.3 Å². The second-order valence-electron chi connectivity index (χ2n) is 15.0. The summed E-state index contributed by atoms with van der Waals surface area (Å²) in [5.74, 6) is 0.710. The normalized spacial score (nSPS) is 12.7. The summed E-state index contributed by atoms with van der Waals surface area (Å²) in [6, 6.07) is 69.6. The molecule has 0 aliphatic heterocycles. The highest BCUT2D eigenvalue weighted by atomic mass is 14.9. The molecule has 0 bridgehead atoms. The lowest BCUT2D eigenvalue weighted by Gasteiger charge is -2.25. The maximum Gasteiger partial charge on any atom is 0.160 e. The van der Waals surface area contributed by atoms with Crippen molar-refractivity contribution < 1.29 is 0 Å². The molecule has 260 valence electrons. The molecule has 2 heteroatoms. The molecule has 0 atom stereocenters. The van der Waals surface area contributed by atoms with E-state index in [1.54, 1.807) is 0 Å². The monoisotopic (exact) mass is 702 g/mol. The predicted octanol–water partition coefficient (Wildman–Crippen LogP) is 13.9. The molecule has 0 saturated heterocycles. The third-order valence-corrected chi connectivity index (χ3v) is 11.3. The van der Waals surface area contributed by atoms with Gasteiger partial charge in [0.15, 0.2) is 5.82 Å². The van der Waals surface area contributed by atoms with Gasteiger partial charge in [-0.15, -0.1) is 0 Å². The van der Waals surface area contributed by atoms with Crippen LogP contribution < -0.4 is 0 Å². The molecule has 1 aliphatic rings. The van der Waals surface area contributed by atoms with Gasteiger partial charge in [-0.2, -0.15) is 0 Å². The van der Waals surface area contributed by atoms with Crippen molar-refractivity contribution in [1.29, 1.82) is 0 Å². The van der Waals surface area contributed by atoms with Gasteiger partial charge in [-0.1, -0.05) is 178 Å². The second-order valence-corrected chi connectivity index (χ2v) is 15.0. The van der Waals surface area contributed by atoms with Crippen molar-refractivity contribution >= 4 is 10.8 Å². The van der Waals surface area contributed by atoms with Crippen molar-refractivity contribution in [3.8, 4) is 78.4 Å². The van der Waals surface area contributed by atoms with E-state index >= 15 is 0 Å². The van der Waals surface area contributed by atoms with E-state index in [4.69, 9.17) is 9.97 Å². The minimum atomic E-state index is -0.135. The van der Waals surface area contributed by atoms with Crippen molar-refractivity contribution in [3.05, 3.63) is 205 Å². The van der Waals surface area contributed by atoms with E-state index in [1.807, 2.05) is 24.3 Å². The number of fused-ring (bicyclic) bond motifs is 4. The Morgan fingerprint density at radius 2 is 0.818 bits per heavy atom. The largest absolute Gasteiger partial charge is 0.228 e. The van der Waals surface area contributed by atoms with Gasteiger partial charge in [0.25, 0.3) is 0 Å². The summed E-state index contributed by atoms with van der Waals surface area (Å²) in [4.78, 5) is 10.2. The standard InChI is InChI=1S/C53H38N2/c1-53(2)48-33-42-19-10-9-18-41(42)32-47(48)46-25-13-24-45(51(46)53)43-22-11-20-39(30-43)40-21-12-23-44(31-40)50-34-49(54-52(55-50)38-16-7-4-8-17-38)37-28-26-36(27-29-37)35-14-5-3-6-15-35/h3-34H,1-2H3. The van der Waals surface area contributed by atoms with Crippen LogP contribution in [0, 0.1) is 0 Å². The predicted molar refractivity (Wildman–Crippen MR) is 230 cm³/mol. The summed E-state index contributed by atoms with van der Waals surface area (Å²) in [5.41, 5.74) is 17.4. The van der Waals surface area contributed by atoms with Gasteiger partial charge in [0.05, 0.1) is 11.4 Å². The first kappa shape index (κ1) is 32.7. The minimum Gasteiger partial charge on any atom is -0.228 e. The smallest absolute Gasteiger partial charge is 0.160 e. The van der Waals surface area contributed by atoms with Crippen molar-refractivity contribution in [3.63, 3.8) is 0 Å². The van der Waals surface area contributed by atoms with Crippen LogP contribution in [0.4, 0.5) is 0 Å². The fourth-order valence-corrected chi connectivity index (χ4v) is 8.45. The molecule has 0 unspecified atom stereocenters. The molecular formula is C53H38N2. The zero-order chi connectivity index (χ0) is 36.9. The van der Waals surface area contributed by atoms with Crippen LogP contribution >= 0.6 is 0 Å². The Kier molecular flexibility index (Phi) is 7.85. The lowest BCUT2D eigenvalue weighted by molar-refractivity contribution is 0.663. The van der Waals surface area contributed by atoms with Gasteiger partial charge in [-0.25, -0.2) is 9.97 Å². The molecule has 0 spiro atoms. The highest BCUT2D eigenvalue weighted by molar-refractivity contribution is 5.96. The summed E-state index contributed by atoms with van der Waals surface area (Å²) in [7, 11) is 0. The van der Waals surface area contributed by atoms with E-state index in [1.165, 1.54) is 60.8 Å². The number of aromatic nitrogens is 2. The van der Waals surface area contributed by atoms with E-state index in [-0.39, 0.29) is 5.41 Å². The molecule has 1 heterocycles. The molecule has 8 aromatic carbocycles. The van der Waals surface area contributed by atoms with Crippen LogP contribution in [-0.4, -0.2) is 9.97 Å². The van der Waals surface area contributed by atoms with Crippen LogP contribution in [0.3, 0.4) is 0 Å². The van der Waals surface area contributed by atoms with Gasteiger partial charge < -0.3 is 0 Å². The highest BCUT2D eigenvalue weighted by Gasteiger charge is 2.37. The molecule has 2 nitrogen and oxygen atoms in total. The number of hydrogen-bond acceptors (Lipinski definition) is 2. The lowest BCUT2D eigenvalue weighted by Crippen LogP contribution is -2.16. The second kappa shape index (κ2) is 13.2. The zero-order valence-corrected chi connectivity index (χ0v) is 30.9. The molecule has 0 radical (unpaired) electrons. The quantitative estimate of drug-likeness (QED) is 0.172. The first-order valence-electron chi connectivity index (χ1n) is 19.0. The summed E-state index contributed by atoms with van der Waals surface area (Å²) in [6.45, 7) is 4.75. The molecule has 10 rings (SSSR count). The lowest BCUT2D eigenvalue weighted by atomic mass is 9.78. The maximum absolute atomic E-state index is 5.15. The van der Waals surface area contributed by atoms with Gasteiger partial charge in [-0.3, -0.25) is 0 Å². The fourth-order valence-electron chi connectivity index (χ4n) is 8.45. The Morgan fingerprint density at radius 1 is 0.327 bits per heavy atom. The molecule has 1 aliphatic carbocycles. The van der Waals surface area contributed by atoms with E-state index in [2.05, 4.69) is 184 Å². The van der Waals surface area contributed by atoms with E-state index in [0.29, 0.717) is 5.82 Å². The minimum absolute atomic E-state index is 0.135. The van der Waals surface area contributed by atoms with Gasteiger partial charge >= 0.3 is 0 Å². The van der Waals surface area contributed by atoms with Gasteiger partial charge in [0.2, 0.25) is 0 Å². The SMILES string of the molecule is CC1(C)c2cc3ccccc3cc2-c2cccc(-c3cccc(-c4cccc(-c5cc(-c6ccc(-c7ccccc7)cc6)nc(-c6ccccc6)n5)c4)c3)c21. The number of hydrogen-bond donors (Lipinski definition) is 0. The van der Waals surface area contributed by atoms with Crippen LogP contribution in [-0.2, 0) is 5.41 Å². The van der Waals surface area contributed by atoms with E-state index in [0.717, 1.165) is 33.6 Å². The Balaban J connectivity index is 1.04. The summed E-state index contributed by atoms with van der Waals surface area (Å²) in [6.07, 6.45) is 0. The third-order valence-electron chi connectivity index (χ3n) is 11.3. The van der Waals surface area contributed by atoms with Crippen molar-refractivity contribution in [2.24, 2.45) is 0 Å². The Morgan fingerprint density at radius 3 is 1.53 bits per heavy atom. The Hall–Kier alpha value is -6.90. The van der Waals surface area contributed by atoms with Crippen molar-refractivity contribution in [2.75, 3.05) is 0 Å². The Labute approximate surface area is 322 Å². The molecule has 0 saturated carbocycles. The molecule has 9 aromatic rings. The van der Waals surface area contributed by atoms with Gasteiger partial charge in [0.1, 0.15) is 0 Å². The van der Waals surface area contributed by atoms with Gasteiger partial charge in [0, 0.05) is 22.1 Å². The molecule has 0 amide bonds. The topological polar surface area (TPSA) is 25.8 Å². The van der Waals surface area contributed by atoms with E-state index in [9.17, 15) is 0 Å². The van der Waals surface area contributed by atoms with Crippen LogP contribution in [0.15, 0.2) is 194 Å². The summed E-state index contributed by atoms with van der Waals surface area (Å²) >= 11 is 0. The molecule has 1 aromatic heterocycles. The average Bonchev–Trinajstić information content (AvgIpc) is 3.48. The van der Waals surface area contributed by atoms with Crippen LogP contribution in [0.25, 0.3) is 89.2 Å². The molecule has 55 heavy (non-hydrogen) atoms. The van der Waals surface area contributed by atoms with Crippen LogP contribution in [0.2, 0.25) is 0 Å². The summed E-state index contributed by atoms with van der Waals surface area (Å²) in [5, 5.41) is 2.57. The average molecular weight is 703 g/mol. The number of nitrogens with zero attached hydrogens (tertiary/aromatic N) is 2. The first-order valence-corrected chi connectivity index (χ1v) is 19.0. The van der Waals surface area contributed by atoms with Crippen molar-refractivity contribution in [1.82, 2.24) is 9.97 Å². The maximum atomic E-state index is 5.15. The molecule has 0 fully saturated rings. The van der Waals surface area contributed by atoms with Gasteiger partial charge in [-0.05, 0) is 96.7 Å². The first-order chi connectivity index (χ1) is 27.0. The van der Waals surface area contributed by atoms with Crippen LogP contribution in [0.1, 0.15) is 25.0 Å². The highest BCUT2D eigenvalue weighted by Crippen LogP contribution is 2.53. The summed E-state index contributed by atoms with van der Waals surface area (Å²) < 4.78 is 0.